The van der Waals surface area contributed by atoms with E-state index < -0.39 is 22.0 Å². The van der Waals surface area contributed by atoms with Crippen molar-refractivity contribution >= 4 is 32.3 Å². The fourth-order valence-electron chi connectivity index (χ4n) is 2.13. The number of nitrogens with zero attached hydrogens (tertiary/aromatic N) is 3. The first-order chi connectivity index (χ1) is 10.6. The second-order valence-corrected chi connectivity index (χ2v) is 7.73. The molecule has 126 valence electrons. The number of amides is 1. The van der Waals surface area contributed by atoms with E-state index in [9.17, 15) is 13.2 Å². The lowest BCUT2D eigenvalue weighted by molar-refractivity contribution is -0.117. The van der Waals surface area contributed by atoms with Gasteiger partial charge < -0.3 is 5.32 Å². The van der Waals surface area contributed by atoms with Gasteiger partial charge in [-0.1, -0.05) is 0 Å². The Morgan fingerprint density at radius 2 is 1.96 bits per heavy atom. The van der Waals surface area contributed by atoms with Crippen LogP contribution in [0.5, 0.6) is 0 Å². The number of hydrogen-bond donors (Lipinski definition) is 2. The smallest absolute Gasteiger partial charge is 0.244 e. The Kier molecular flexibility index (Phi) is 4.87. The maximum Gasteiger partial charge on any atom is 0.244 e. The summed E-state index contributed by atoms with van der Waals surface area (Å²) >= 11 is 1.28. The lowest BCUT2D eigenvalue weighted by atomic mass is 10.3. The number of nitrogens with one attached hydrogen (secondary N) is 2. The van der Waals surface area contributed by atoms with Crippen LogP contribution in [-0.2, 0) is 21.9 Å². The molecular weight excluding hydrogens is 338 g/mol. The van der Waals surface area contributed by atoms with E-state index in [1.54, 1.807) is 33.3 Å². The van der Waals surface area contributed by atoms with Gasteiger partial charge in [0.05, 0.1) is 28.6 Å². The van der Waals surface area contributed by atoms with Crippen molar-refractivity contribution in [2.75, 3.05) is 5.32 Å². The number of rotatable bonds is 5. The highest BCUT2D eigenvalue weighted by molar-refractivity contribution is 7.89. The number of aryl methyl sites for hydroxylation is 3. The quantitative estimate of drug-likeness (QED) is 0.834. The van der Waals surface area contributed by atoms with Crippen molar-refractivity contribution in [1.29, 1.82) is 0 Å². The Bertz CT molecular complexity index is 838. The molecule has 2 rings (SSSR count). The lowest BCUT2D eigenvalue weighted by Crippen LogP contribution is -2.41. The minimum atomic E-state index is -3.84. The van der Waals surface area contributed by atoms with E-state index in [-0.39, 0.29) is 4.90 Å². The molecule has 0 bridgehead atoms. The van der Waals surface area contributed by atoms with Crippen molar-refractivity contribution in [3.8, 4) is 0 Å². The summed E-state index contributed by atoms with van der Waals surface area (Å²) in [6.07, 6.45) is 0. The molecule has 2 N–H and O–H groups in total. The molecule has 0 fully saturated rings. The van der Waals surface area contributed by atoms with Crippen LogP contribution in [0.2, 0.25) is 0 Å². The monoisotopic (exact) mass is 357 g/mol. The van der Waals surface area contributed by atoms with Crippen LogP contribution in [0.3, 0.4) is 0 Å². The van der Waals surface area contributed by atoms with Crippen molar-refractivity contribution in [2.24, 2.45) is 7.05 Å². The summed E-state index contributed by atoms with van der Waals surface area (Å²) in [4.78, 5) is 16.3. The largest absolute Gasteiger partial charge is 0.315 e. The van der Waals surface area contributed by atoms with Crippen molar-refractivity contribution in [2.45, 2.75) is 38.6 Å². The number of carbonyl (C=O) groups excluding carboxylic acids is 1. The third-order valence-corrected chi connectivity index (χ3v) is 6.05. The molecule has 0 saturated heterocycles. The first-order valence-corrected chi connectivity index (χ1v) is 9.23. The second-order valence-electron chi connectivity index (χ2n) is 5.22. The Balaban J connectivity index is 2.17. The van der Waals surface area contributed by atoms with Gasteiger partial charge >= 0.3 is 0 Å². The van der Waals surface area contributed by atoms with E-state index in [1.807, 2.05) is 0 Å². The van der Waals surface area contributed by atoms with E-state index in [4.69, 9.17) is 0 Å². The van der Waals surface area contributed by atoms with Gasteiger partial charge in [0.15, 0.2) is 0 Å². The molecule has 8 nitrogen and oxygen atoms in total. The predicted molar refractivity (Wildman–Crippen MR) is 87.9 cm³/mol. The molecule has 1 unspecified atom stereocenters. The molecule has 1 atom stereocenters. The third kappa shape index (κ3) is 3.59. The zero-order valence-electron chi connectivity index (χ0n) is 13.5. The molecule has 23 heavy (non-hydrogen) atoms. The summed E-state index contributed by atoms with van der Waals surface area (Å²) in [6.45, 7) is 6.54. The normalized spacial score (nSPS) is 13.1. The minimum Gasteiger partial charge on any atom is -0.315 e. The molecule has 0 aliphatic heterocycles. The maximum absolute atomic E-state index is 12.5. The third-order valence-electron chi connectivity index (χ3n) is 3.42. The van der Waals surface area contributed by atoms with Gasteiger partial charge in [-0.05, 0) is 27.7 Å². The summed E-state index contributed by atoms with van der Waals surface area (Å²) < 4.78 is 28.9. The lowest BCUT2D eigenvalue weighted by Gasteiger charge is -2.14. The Morgan fingerprint density at radius 3 is 2.43 bits per heavy atom. The Hall–Kier alpha value is -1.78. The van der Waals surface area contributed by atoms with Gasteiger partial charge in [-0.2, -0.15) is 9.82 Å². The van der Waals surface area contributed by atoms with E-state index >= 15 is 0 Å². The SMILES string of the molecule is Cc1ncsc1NC(=O)C(C)NS(=O)(=O)c1c(C)nn(C)c1C. The average Bonchev–Trinajstić information content (AvgIpc) is 2.93. The van der Waals surface area contributed by atoms with Gasteiger partial charge in [-0.25, -0.2) is 13.4 Å². The maximum atomic E-state index is 12.5. The van der Waals surface area contributed by atoms with Gasteiger partial charge in [0.25, 0.3) is 0 Å². The van der Waals surface area contributed by atoms with Gasteiger partial charge in [0.2, 0.25) is 15.9 Å². The summed E-state index contributed by atoms with van der Waals surface area (Å²) in [5.41, 5.74) is 3.21. The zero-order chi connectivity index (χ0) is 17.4. The van der Waals surface area contributed by atoms with Crippen molar-refractivity contribution in [3.63, 3.8) is 0 Å². The zero-order valence-corrected chi connectivity index (χ0v) is 15.2. The van der Waals surface area contributed by atoms with Gasteiger partial charge in [0, 0.05) is 7.05 Å². The number of sulfonamides is 1. The summed E-state index contributed by atoms with van der Waals surface area (Å²) in [5, 5.41) is 7.37. The molecular formula is C13H19N5O3S2. The van der Waals surface area contributed by atoms with Crippen LogP contribution in [-0.4, -0.2) is 35.1 Å². The van der Waals surface area contributed by atoms with Crippen LogP contribution < -0.4 is 10.0 Å². The highest BCUT2D eigenvalue weighted by Gasteiger charge is 2.28. The molecule has 1 amide bonds. The van der Waals surface area contributed by atoms with E-state index in [1.165, 1.54) is 22.9 Å². The molecule has 10 heteroatoms. The highest BCUT2D eigenvalue weighted by atomic mass is 32.2. The van der Waals surface area contributed by atoms with Crippen molar-refractivity contribution < 1.29 is 13.2 Å². The predicted octanol–water partition coefficient (Wildman–Crippen LogP) is 1.11. The van der Waals surface area contributed by atoms with Crippen molar-refractivity contribution in [1.82, 2.24) is 19.5 Å². The van der Waals surface area contributed by atoms with Gasteiger partial charge in [-0.3, -0.25) is 9.48 Å². The number of thiazole rings is 1. The summed E-state index contributed by atoms with van der Waals surface area (Å²) in [7, 11) is -2.17. The molecule has 0 saturated carbocycles. The minimum absolute atomic E-state index is 0.105. The molecule has 0 spiro atoms. The van der Waals surface area contributed by atoms with Crippen LogP contribution in [0.1, 0.15) is 24.0 Å². The van der Waals surface area contributed by atoms with Crippen LogP contribution in [0.4, 0.5) is 5.00 Å². The van der Waals surface area contributed by atoms with E-state index in [0.717, 1.165) is 0 Å². The molecule has 2 aromatic heterocycles. The first kappa shape index (κ1) is 17.6. The van der Waals surface area contributed by atoms with Crippen LogP contribution >= 0.6 is 11.3 Å². The molecule has 2 aromatic rings. The topological polar surface area (TPSA) is 106 Å². The van der Waals surface area contributed by atoms with Crippen LogP contribution in [0.25, 0.3) is 0 Å². The molecule has 0 radical (unpaired) electrons. The van der Waals surface area contributed by atoms with Gasteiger partial charge in [-0.15, -0.1) is 11.3 Å². The fraction of sp³-hybridized carbons (Fsp3) is 0.462. The highest BCUT2D eigenvalue weighted by Crippen LogP contribution is 2.20. The van der Waals surface area contributed by atoms with E-state index in [2.05, 4.69) is 20.1 Å². The Labute approximate surface area is 139 Å². The standard InChI is InChI=1S/C13H19N5O3S2/c1-7-11(10(4)18(5)16-7)23(20,21)17-8(2)12(19)15-13-9(3)14-6-22-13/h6,8,17H,1-5H3,(H,15,19). The molecule has 0 aliphatic rings. The molecule has 0 aromatic carbocycles. The second kappa shape index (κ2) is 6.38. The average molecular weight is 357 g/mol. The van der Waals surface area contributed by atoms with E-state index in [0.29, 0.717) is 22.1 Å². The Morgan fingerprint density at radius 1 is 1.30 bits per heavy atom. The first-order valence-electron chi connectivity index (χ1n) is 6.87. The number of carbonyl (C=O) groups is 1. The number of hydrogen-bond acceptors (Lipinski definition) is 6. The number of aromatic nitrogens is 3. The van der Waals surface area contributed by atoms with Gasteiger partial charge in [0.1, 0.15) is 9.90 Å². The summed E-state index contributed by atoms with van der Waals surface area (Å²) in [6, 6.07) is -0.930. The summed E-state index contributed by atoms with van der Waals surface area (Å²) in [5.74, 6) is -0.444. The molecule has 2 heterocycles. The molecule has 0 aliphatic carbocycles. The fourth-order valence-corrected chi connectivity index (χ4v) is 4.47. The van der Waals surface area contributed by atoms with Crippen LogP contribution in [0.15, 0.2) is 10.4 Å². The number of anilines is 1. The van der Waals surface area contributed by atoms with Crippen molar-refractivity contribution in [3.05, 3.63) is 22.6 Å². The van der Waals surface area contributed by atoms with Crippen LogP contribution in [0, 0.1) is 20.8 Å².